The van der Waals surface area contributed by atoms with Gasteiger partial charge in [0.2, 0.25) is 0 Å². The molecule has 0 N–H and O–H groups in total. The Morgan fingerprint density at radius 3 is 0.762 bits per heavy atom. The van der Waals surface area contributed by atoms with Crippen LogP contribution in [0, 0.1) is 0 Å². The normalized spacial score (nSPS) is 12.7. The number of carbonyl (C=O) groups is 3. The SMILES string of the molecule is CCCCCCC/C=C\C/C=C\CCCCCCCCCCCCCCCCCCCCCCCCCCCCCCCC(=O)OC(COC(=O)CCCCCCCCCCCCCCCCCCCCCCCCCCCCC/C=C\CCCCCCCCCC)COC(OCC[N+](C)(C)C)C(=O)[O-]. The van der Waals surface area contributed by atoms with Crippen LogP contribution in [0.5, 0.6) is 0 Å². The van der Waals surface area contributed by atoms with Gasteiger partial charge < -0.3 is 33.3 Å². The lowest BCUT2D eigenvalue weighted by Gasteiger charge is -2.26. The third-order valence-corrected chi connectivity index (χ3v) is 21.9. The summed E-state index contributed by atoms with van der Waals surface area (Å²) in [6.45, 7) is 4.83. The number of carboxylic acids is 1. The molecule has 0 amide bonds. The van der Waals surface area contributed by atoms with Crippen molar-refractivity contribution in [3.8, 4) is 0 Å². The quantitative estimate of drug-likeness (QED) is 0.0195. The van der Waals surface area contributed by atoms with Crippen LogP contribution in [0.3, 0.4) is 0 Å². The molecule has 0 saturated heterocycles. The second-order valence-corrected chi connectivity index (χ2v) is 33.7. The fourth-order valence-corrected chi connectivity index (χ4v) is 14.7. The van der Waals surface area contributed by atoms with Crippen molar-refractivity contribution in [1.82, 2.24) is 0 Å². The zero-order valence-corrected chi connectivity index (χ0v) is 71.4. The van der Waals surface area contributed by atoms with Crippen LogP contribution < -0.4 is 5.11 Å². The van der Waals surface area contributed by atoms with E-state index in [4.69, 9.17) is 18.9 Å². The number of aliphatic carboxylic acids is 1. The van der Waals surface area contributed by atoms with Gasteiger partial charge in [-0.15, -0.1) is 0 Å². The number of carbonyl (C=O) groups excluding carboxylic acids is 3. The van der Waals surface area contributed by atoms with Gasteiger partial charge in [0.25, 0.3) is 0 Å². The summed E-state index contributed by atoms with van der Waals surface area (Å²) in [6, 6.07) is 0. The molecule has 0 aliphatic heterocycles. The van der Waals surface area contributed by atoms with Crippen LogP contribution in [-0.2, 0) is 33.3 Å². The highest BCUT2D eigenvalue weighted by atomic mass is 16.7. The number of rotatable bonds is 90. The number of quaternary nitrogens is 1. The Kier molecular flexibility index (Phi) is 85.0. The number of esters is 2. The summed E-state index contributed by atoms with van der Waals surface area (Å²) in [7, 11) is 5.96. The molecule has 0 fully saturated rings. The number of allylic oxidation sites excluding steroid dienone is 6. The minimum atomic E-state index is -1.62. The standard InChI is InChI=1S/C96H183NO8/c1-6-8-10-12-14-16-18-20-22-24-26-28-30-32-34-36-38-40-42-44-46-47-49-51-53-55-57-59-61-63-65-67-69-71-73-75-77-79-81-83-85-87-94(99)105-92(91-104-96(95(100)101)102-89-88-97(3,4)5)90-103-93(98)86-84-82-80-78-76-74-72-70-68-66-64-62-60-58-56-54-52-50-48-45-43-41-39-37-35-33-31-29-27-25-23-21-19-17-15-13-11-9-7-2/h18,20,24-27,92,96H,6-17,19,21-23,28-91H2,1-5H3/b20-18-,26-24-,27-25-. The largest absolute Gasteiger partial charge is 0.545 e. The molecule has 9 heteroatoms. The third-order valence-electron chi connectivity index (χ3n) is 21.9. The molecule has 105 heavy (non-hydrogen) atoms. The molecule has 0 aliphatic carbocycles. The number of ether oxygens (including phenoxy) is 4. The zero-order valence-electron chi connectivity index (χ0n) is 71.4. The highest BCUT2D eigenvalue weighted by Crippen LogP contribution is 2.22. The minimum absolute atomic E-state index is 0.152. The number of hydrogen-bond acceptors (Lipinski definition) is 8. The summed E-state index contributed by atoms with van der Waals surface area (Å²) in [6.07, 6.45) is 112. The second-order valence-electron chi connectivity index (χ2n) is 33.7. The molecule has 0 radical (unpaired) electrons. The van der Waals surface area contributed by atoms with Crippen molar-refractivity contribution in [2.24, 2.45) is 0 Å². The first kappa shape index (κ1) is 103. The van der Waals surface area contributed by atoms with Gasteiger partial charge in [0.15, 0.2) is 12.4 Å². The average molecular weight is 1480 g/mol. The molecular weight excluding hydrogens is 1300 g/mol. The number of nitrogens with zero attached hydrogens (tertiary/aromatic N) is 1. The molecule has 9 nitrogen and oxygen atoms in total. The molecule has 0 aliphatic rings. The van der Waals surface area contributed by atoms with Crippen LogP contribution in [0.25, 0.3) is 0 Å². The minimum Gasteiger partial charge on any atom is -0.545 e. The maximum absolute atomic E-state index is 13.0. The molecule has 0 aromatic carbocycles. The van der Waals surface area contributed by atoms with E-state index in [9.17, 15) is 19.5 Å². The van der Waals surface area contributed by atoms with E-state index in [2.05, 4.69) is 50.3 Å². The van der Waals surface area contributed by atoms with Gasteiger partial charge >= 0.3 is 11.9 Å². The highest BCUT2D eigenvalue weighted by molar-refractivity contribution is 5.70. The summed E-state index contributed by atoms with van der Waals surface area (Å²) in [5, 5.41) is 11.9. The van der Waals surface area contributed by atoms with Crippen molar-refractivity contribution in [2.75, 3.05) is 47.5 Å². The van der Waals surface area contributed by atoms with Crippen molar-refractivity contribution in [1.29, 1.82) is 0 Å². The van der Waals surface area contributed by atoms with E-state index in [1.807, 2.05) is 21.1 Å². The number of hydrogen-bond donors (Lipinski definition) is 0. The first-order chi connectivity index (χ1) is 51.6. The monoisotopic (exact) mass is 1480 g/mol. The third kappa shape index (κ3) is 88.6. The van der Waals surface area contributed by atoms with Crippen LogP contribution >= 0.6 is 0 Å². The summed E-state index contributed by atoms with van der Waals surface area (Å²) < 4.78 is 23.0. The predicted octanol–water partition coefficient (Wildman–Crippen LogP) is 29.6. The molecule has 0 rings (SSSR count). The van der Waals surface area contributed by atoms with E-state index in [1.54, 1.807) is 0 Å². The maximum Gasteiger partial charge on any atom is 0.306 e. The fraction of sp³-hybridized carbons (Fsp3) is 0.906. The van der Waals surface area contributed by atoms with Crippen molar-refractivity contribution >= 4 is 17.9 Å². The molecule has 0 saturated carbocycles. The Bertz CT molecular complexity index is 1820. The summed E-state index contributed by atoms with van der Waals surface area (Å²) in [4.78, 5) is 37.7. The fourth-order valence-electron chi connectivity index (χ4n) is 14.7. The molecule has 0 spiro atoms. The van der Waals surface area contributed by atoms with Gasteiger partial charge in [-0.2, -0.15) is 0 Å². The van der Waals surface area contributed by atoms with Gasteiger partial charge in [0, 0.05) is 12.8 Å². The lowest BCUT2D eigenvalue weighted by Crippen LogP contribution is -2.44. The van der Waals surface area contributed by atoms with Crippen LogP contribution in [0.1, 0.15) is 502 Å². The van der Waals surface area contributed by atoms with Gasteiger partial charge in [0.1, 0.15) is 13.2 Å². The molecule has 0 heterocycles. The van der Waals surface area contributed by atoms with Gasteiger partial charge in [0.05, 0.1) is 40.3 Å². The van der Waals surface area contributed by atoms with E-state index < -0.39 is 24.3 Å². The average Bonchev–Trinajstić information content (AvgIpc) is 1.18. The van der Waals surface area contributed by atoms with Crippen molar-refractivity contribution in [3.05, 3.63) is 36.5 Å². The number of likely N-dealkylation sites (N-methyl/N-ethyl adjacent to an activating group) is 1. The molecule has 0 aromatic rings. The Hall–Kier alpha value is -2.49. The zero-order chi connectivity index (χ0) is 76.0. The Morgan fingerprint density at radius 1 is 0.286 bits per heavy atom. The summed E-state index contributed by atoms with van der Waals surface area (Å²) in [5.41, 5.74) is 0. The lowest BCUT2D eigenvalue weighted by atomic mass is 10.0. The Balaban J connectivity index is 3.86. The maximum atomic E-state index is 13.0. The van der Waals surface area contributed by atoms with Gasteiger partial charge in [-0.1, -0.05) is 455 Å². The predicted molar refractivity (Wildman–Crippen MR) is 454 cm³/mol. The van der Waals surface area contributed by atoms with Gasteiger partial charge in [-0.3, -0.25) is 9.59 Å². The lowest BCUT2D eigenvalue weighted by molar-refractivity contribution is -0.870. The van der Waals surface area contributed by atoms with Crippen LogP contribution in [0.4, 0.5) is 0 Å². The van der Waals surface area contributed by atoms with Gasteiger partial charge in [-0.25, -0.2) is 0 Å². The van der Waals surface area contributed by atoms with Crippen LogP contribution in [0.15, 0.2) is 36.5 Å². The van der Waals surface area contributed by atoms with Crippen molar-refractivity contribution < 1.29 is 42.9 Å². The number of carboxylic acid groups (broad SMARTS) is 1. The van der Waals surface area contributed by atoms with Crippen LogP contribution in [0.2, 0.25) is 0 Å². The molecule has 2 atom stereocenters. The van der Waals surface area contributed by atoms with Crippen molar-refractivity contribution in [2.45, 2.75) is 514 Å². The topological polar surface area (TPSA) is 111 Å². The Morgan fingerprint density at radius 2 is 0.514 bits per heavy atom. The van der Waals surface area contributed by atoms with Crippen molar-refractivity contribution in [3.63, 3.8) is 0 Å². The molecule has 0 bridgehead atoms. The summed E-state index contributed by atoms with van der Waals surface area (Å²) >= 11 is 0. The molecule has 620 valence electrons. The highest BCUT2D eigenvalue weighted by Gasteiger charge is 2.22. The first-order valence-electron chi connectivity index (χ1n) is 47.1. The smallest absolute Gasteiger partial charge is 0.306 e. The molecule has 2 unspecified atom stereocenters. The summed E-state index contributed by atoms with van der Waals surface area (Å²) in [5.74, 6) is -2.24. The number of unbranched alkanes of at least 4 members (excludes halogenated alkanes) is 69. The van der Waals surface area contributed by atoms with E-state index in [-0.39, 0.29) is 32.2 Å². The Labute approximate surface area is 655 Å². The second kappa shape index (κ2) is 87.1. The van der Waals surface area contributed by atoms with E-state index in [1.165, 1.54) is 430 Å². The van der Waals surface area contributed by atoms with E-state index in [0.717, 1.165) is 44.9 Å². The first-order valence-corrected chi connectivity index (χ1v) is 47.1. The van der Waals surface area contributed by atoms with E-state index in [0.29, 0.717) is 17.4 Å². The van der Waals surface area contributed by atoms with E-state index >= 15 is 0 Å². The van der Waals surface area contributed by atoms with Gasteiger partial charge in [-0.05, 0) is 70.6 Å². The molecule has 0 aromatic heterocycles. The van der Waals surface area contributed by atoms with Crippen LogP contribution in [-0.4, -0.2) is 82.3 Å². The molecular formula is C96H183NO8.